The molecule has 2 aliphatic heterocycles. The van der Waals surface area contributed by atoms with Gasteiger partial charge in [-0.15, -0.1) is 0 Å². The summed E-state index contributed by atoms with van der Waals surface area (Å²) in [5.74, 6) is 1.44. The summed E-state index contributed by atoms with van der Waals surface area (Å²) in [6.07, 6.45) is -5.23. The number of aliphatic hydroxyl groups excluding tert-OH is 4. The zero-order chi connectivity index (χ0) is 24.0. The van der Waals surface area contributed by atoms with Crippen LogP contribution < -0.4 is 19.6 Å². The highest BCUT2D eigenvalue weighted by Gasteiger charge is 2.44. The average molecular weight is 472 g/mol. The minimum absolute atomic E-state index is 0.127. The van der Waals surface area contributed by atoms with Crippen LogP contribution in [-0.4, -0.2) is 64.5 Å². The normalized spacial score (nSPS) is 26.1. The fraction of sp³-hybridized carbons (Fsp3) is 0.375. The lowest BCUT2D eigenvalue weighted by molar-refractivity contribution is -0.277. The number of ether oxygens (including phenoxy) is 4. The maximum absolute atomic E-state index is 13.3. The molecule has 0 aliphatic carbocycles. The molecule has 10 heteroatoms. The van der Waals surface area contributed by atoms with Crippen molar-refractivity contribution in [3.05, 3.63) is 52.4 Å². The fourth-order valence-corrected chi connectivity index (χ4v) is 4.14. The molecule has 180 valence electrons. The Morgan fingerprint density at radius 1 is 1.03 bits per heavy atom. The van der Waals surface area contributed by atoms with E-state index in [0.717, 1.165) is 0 Å². The third-order valence-electron chi connectivity index (χ3n) is 6.11. The third-order valence-corrected chi connectivity index (χ3v) is 6.11. The van der Waals surface area contributed by atoms with Crippen LogP contribution in [0.2, 0.25) is 0 Å². The molecule has 5 atom stereocenters. The number of hydrogen-bond acceptors (Lipinski definition) is 10. The highest BCUT2D eigenvalue weighted by Crippen LogP contribution is 2.36. The predicted octanol–water partition coefficient (Wildman–Crippen LogP) is 0.930. The van der Waals surface area contributed by atoms with Crippen LogP contribution in [0, 0.1) is 0 Å². The largest absolute Gasteiger partial charge is 0.463 e. The summed E-state index contributed by atoms with van der Waals surface area (Å²) in [6, 6.07) is 8.37. The quantitative estimate of drug-likeness (QED) is 0.423. The second kappa shape index (κ2) is 8.90. The second-order valence-electron chi connectivity index (χ2n) is 8.17. The monoisotopic (exact) mass is 472 g/mol. The maximum Gasteiger partial charge on any atom is 0.231 e. The van der Waals surface area contributed by atoms with Gasteiger partial charge < -0.3 is 43.8 Å². The zero-order valence-electron chi connectivity index (χ0n) is 18.2. The summed E-state index contributed by atoms with van der Waals surface area (Å²) in [5.41, 5.74) is 1.63. The molecule has 0 amide bonds. The van der Waals surface area contributed by atoms with Crippen molar-refractivity contribution in [2.24, 2.45) is 0 Å². The lowest BCUT2D eigenvalue weighted by Crippen LogP contribution is -2.60. The summed E-state index contributed by atoms with van der Waals surface area (Å²) in [4.78, 5) is 13.3. The number of aryl methyl sites for hydroxylation is 1. The molecule has 2 aromatic carbocycles. The van der Waals surface area contributed by atoms with Gasteiger partial charge in [0.15, 0.2) is 11.5 Å². The first kappa shape index (κ1) is 22.6. The van der Waals surface area contributed by atoms with Crippen LogP contribution in [0.15, 0.2) is 45.8 Å². The van der Waals surface area contributed by atoms with Gasteiger partial charge in [0, 0.05) is 6.07 Å². The summed E-state index contributed by atoms with van der Waals surface area (Å²) < 4.78 is 27.7. The summed E-state index contributed by atoms with van der Waals surface area (Å²) >= 11 is 0. The molecule has 0 radical (unpaired) electrons. The topological polar surface area (TPSA) is 148 Å². The standard InChI is InChI=1S/C24H24O10/c1-2-11-5-13-17(7-16(11)33-24-23(29)22(28)21(27)19(8-25)34-24)30-9-14(20(13)26)12-3-4-15-18(6-12)32-10-31-15/h3-7,9,19,21-25,27-29H,2,8,10H2,1H3/t19-,21+,22-,23-,24+/m0/s1. The third kappa shape index (κ3) is 3.79. The van der Waals surface area contributed by atoms with Gasteiger partial charge in [-0.2, -0.15) is 0 Å². The number of aliphatic hydroxyl groups is 4. The van der Waals surface area contributed by atoms with Gasteiger partial charge in [0.25, 0.3) is 0 Å². The Balaban J connectivity index is 1.50. The number of hydrogen-bond donors (Lipinski definition) is 4. The van der Waals surface area contributed by atoms with E-state index in [0.29, 0.717) is 40.0 Å². The summed E-state index contributed by atoms with van der Waals surface area (Å²) in [6.45, 7) is 1.42. The van der Waals surface area contributed by atoms with E-state index in [-0.39, 0.29) is 23.6 Å². The molecular weight excluding hydrogens is 448 g/mol. The molecule has 34 heavy (non-hydrogen) atoms. The Morgan fingerprint density at radius 3 is 2.59 bits per heavy atom. The molecule has 1 aromatic heterocycles. The predicted molar refractivity (Wildman–Crippen MR) is 118 cm³/mol. The molecular formula is C24H24O10. The van der Waals surface area contributed by atoms with Crippen LogP contribution in [0.5, 0.6) is 17.2 Å². The van der Waals surface area contributed by atoms with E-state index in [1.165, 1.54) is 12.3 Å². The van der Waals surface area contributed by atoms with Crippen molar-refractivity contribution in [2.75, 3.05) is 13.4 Å². The van der Waals surface area contributed by atoms with E-state index in [9.17, 15) is 25.2 Å². The van der Waals surface area contributed by atoms with E-state index < -0.39 is 37.3 Å². The van der Waals surface area contributed by atoms with Gasteiger partial charge in [0.1, 0.15) is 42.0 Å². The minimum Gasteiger partial charge on any atom is -0.463 e. The van der Waals surface area contributed by atoms with Gasteiger partial charge in [-0.1, -0.05) is 13.0 Å². The van der Waals surface area contributed by atoms with E-state index in [2.05, 4.69) is 0 Å². The van der Waals surface area contributed by atoms with Crippen molar-refractivity contribution < 1.29 is 43.8 Å². The molecule has 0 bridgehead atoms. The lowest BCUT2D eigenvalue weighted by Gasteiger charge is -2.39. The summed E-state index contributed by atoms with van der Waals surface area (Å²) in [5, 5.41) is 40.0. The van der Waals surface area contributed by atoms with Crippen molar-refractivity contribution in [2.45, 2.75) is 44.1 Å². The molecule has 1 fully saturated rings. The molecule has 1 saturated heterocycles. The van der Waals surface area contributed by atoms with Crippen molar-refractivity contribution >= 4 is 11.0 Å². The average Bonchev–Trinajstić information content (AvgIpc) is 3.32. The summed E-state index contributed by atoms with van der Waals surface area (Å²) in [7, 11) is 0. The Morgan fingerprint density at radius 2 is 1.82 bits per heavy atom. The van der Waals surface area contributed by atoms with Gasteiger partial charge in [-0.25, -0.2) is 0 Å². The van der Waals surface area contributed by atoms with Crippen LogP contribution in [0.4, 0.5) is 0 Å². The molecule has 3 heterocycles. The molecule has 0 spiro atoms. The number of fused-ring (bicyclic) bond motifs is 2. The van der Waals surface area contributed by atoms with E-state index >= 15 is 0 Å². The Hall–Kier alpha value is -3.15. The van der Waals surface area contributed by atoms with Crippen LogP contribution in [0.1, 0.15) is 12.5 Å². The Labute approximate surface area is 193 Å². The SMILES string of the molecule is CCc1cc2c(=O)c(-c3ccc4c(c3)OCO4)coc2cc1O[C@@H]1O[C@@H](CO)[C@@H](O)[C@H](O)[C@@H]1O. The first-order valence-corrected chi connectivity index (χ1v) is 10.9. The second-order valence-corrected chi connectivity index (χ2v) is 8.17. The van der Waals surface area contributed by atoms with Crippen LogP contribution >= 0.6 is 0 Å². The van der Waals surface area contributed by atoms with Gasteiger partial charge in [-0.3, -0.25) is 4.79 Å². The van der Waals surface area contributed by atoms with Crippen molar-refractivity contribution in [1.82, 2.24) is 0 Å². The van der Waals surface area contributed by atoms with Gasteiger partial charge >= 0.3 is 0 Å². The van der Waals surface area contributed by atoms with Crippen molar-refractivity contribution in [3.8, 4) is 28.4 Å². The van der Waals surface area contributed by atoms with E-state index in [4.69, 9.17) is 23.4 Å². The van der Waals surface area contributed by atoms with Crippen molar-refractivity contribution in [3.63, 3.8) is 0 Å². The Bertz CT molecular complexity index is 1270. The van der Waals surface area contributed by atoms with Gasteiger partial charge in [0.05, 0.1) is 17.6 Å². The smallest absolute Gasteiger partial charge is 0.231 e. The van der Waals surface area contributed by atoms with Crippen molar-refractivity contribution in [1.29, 1.82) is 0 Å². The molecule has 3 aromatic rings. The van der Waals surface area contributed by atoms with E-state index in [1.54, 1.807) is 24.3 Å². The Kier molecular flexibility index (Phi) is 5.92. The molecule has 2 aliphatic rings. The maximum atomic E-state index is 13.3. The molecule has 10 nitrogen and oxygen atoms in total. The van der Waals surface area contributed by atoms with Gasteiger partial charge in [0.2, 0.25) is 18.5 Å². The molecule has 4 N–H and O–H groups in total. The number of benzene rings is 2. The highest BCUT2D eigenvalue weighted by atomic mass is 16.7. The van der Waals surface area contributed by atoms with Crippen LogP contribution in [0.25, 0.3) is 22.1 Å². The van der Waals surface area contributed by atoms with Gasteiger partial charge in [-0.05, 0) is 35.7 Å². The van der Waals surface area contributed by atoms with Crippen LogP contribution in [-0.2, 0) is 11.2 Å². The first-order valence-electron chi connectivity index (χ1n) is 10.9. The minimum atomic E-state index is -1.57. The highest BCUT2D eigenvalue weighted by molar-refractivity contribution is 5.84. The lowest BCUT2D eigenvalue weighted by atomic mass is 9.99. The molecule has 5 rings (SSSR count). The molecule has 0 unspecified atom stereocenters. The number of rotatable bonds is 5. The first-order chi connectivity index (χ1) is 16.4. The van der Waals surface area contributed by atoms with E-state index in [1.807, 2.05) is 6.92 Å². The molecule has 0 saturated carbocycles. The zero-order valence-corrected chi connectivity index (χ0v) is 18.2. The fourth-order valence-electron chi connectivity index (χ4n) is 4.14. The van der Waals surface area contributed by atoms with Crippen LogP contribution in [0.3, 0.4) is 0 Å².